The molecule has 1 aliphatic rings. The third-order valence-corrected chi connectivity index (χ3v) is 3.04. The first kappa shape index (κ1) is 11.5. The molecule has 0 bridgehead atoms. The molecule has 0 unspecified atom stereocenters. The van der Waals surface area contributed by atoms with Crippen molar-refractivity contribution in [2.24, 2.45) is 0 Å². The van der Waals surface area contributed by atoms with Crippen molar-refractivity contribution in [3.63, 3.8) is 0 Å². The summed E-state index contributed by atoms with van der Waals surface area (Å²) in [7, 11) is 0. The smallest absolute Gasteiger partial charge is 0.119 e. The van der Waals surface area contributed by atoms with Crippen molar-refractivity contribution in [1.82, 2.24) is 5.32 Å². The number of rotatable bonds is 2. The average Bonchev–Trinajstić information content (AvgIpc) is 2.70. The zero-order valence-corrected chi connectivity index (χ0v) is 10.4. The molecule has 0 spiro atoms. The van der Waals surface area contributed by atoms with Crippen LogP contribution in [0.3, 0.4) is 0 Å². The molecule has 0 radical (unpaired) electrons. The molecule has 2 nitrogen and oxygen atoms in total. The van der Waals surface area contributed by atoms with E-state index < -0.39 is 0 Å². The van der Waals surface area contributed by atoms with E-state index in [1.807, 2.05) is 0 Å². The highest BCUT2D eigenvalue weighted by Crippen LogP contribution is 2.25. The van der Waals surface area contributed by atoms with Gasteiger partial charge in [-0.3, -0.25) is 0 Å². The number of ether oxygens (including phenoxy) is 1. The standard InChI is InChI=1S/C14H21NO/c1-14(2,3)11-4-6-12(7-5-11)16-13-8-9-15-10-13/h4-7,13,15H,8-10H2,1-3H3/t13-/m0/s1. The molecule has 88 valence electrons. The first-order chi connectivity index (χ1) is 7.55. The Hall–Kier alpha value is -1.02. The molecule has 0 amide bonds. The van der Waals surface area contributed by atoms with Gasteiger partial charge in [0.1, 0.15) is 11.9 Å². The lowest BCUT2D eigenvalue weighted by Gasteiger charge is -2.20. The first-order valence-corrected chi connectivity index (χ1v) is 6.03. The van der Waals surface area contributed by atoms with Crippen LogP contribution in [0.25, 0.3) is 0 Å². The van der Waals surface area contributed by atoms with Crippen LogP contribution in [0.4, 0.5) is 0 Å². The maximum atomic E-state index is 5.88. The van der Waals surface area contributed by atoms with Gasteiger partial charge in [0, 0.05) is 6.54 Å². The topological polar surface area (TPSA) is 21.3 Å². The van der Waals surface area contributed by atoms with E-state index in [1.165, 1.54) is 5.56 Å². The number of nitrogens with one attached hydrogen (secondary N) is 1. The lowest BCUT2D eigenvalue weighted by Crippen LogP contribution is -2.19. The molecule has 1 heterocycles. The second kappa shape index (κ2) is 4.46. The van der Waals surface area contributed by atoms with Crippen LogP contribution in [0.1, 0.15) is 32.8 Å². The van der Waals surface area contributed by atoms with Gasteiger partial charge in [0.05, 0.1) is 0 Å². The van der Waals surface area contributed by atoms with Gasteiger partial charge in [0.2, 0.25) is 0 Å². The van der Waals surface area contributed by atoms with Crippen molar-refractivity contribution in [3.05, 3.63) is 29.8 Å². The minimum Gasteiger partial charge on any atom is -0.489 e. The molecular weight excluding hydrogens is 198 g/mol. The van der Waals surface area contributed by atoms with E-state index in [0.29, 0.717) is 6.10 Å². The average molecular weight is 219 g/mol. The summed E-state index contributed by atoms with van der Waals surface area (Å²) in [6.45, 7) is 8.73. The summed E-state index contributed by atoms with van der Waals surface area (Å²) in [6.07, 6.45) is 1.46. The second-order valence-electron chi connectivity index (χ2n) is 5.51. The second-order valence-corrected chi connectivity index (χ2v) is 5.51. The lowest BCUT2D eigenvalue weighted by atomic mass is 9.87. The fraction of sp³-hybridized carbons (Fsp3) is 0.571. The molecule has 1 saturated heterocycles. The van der Waals surface area contributed by atoms with Crippen LogP contribution in [-0.4, -0.2) is 19.2 Å². The first-order valence-electron chi connectivity index (χ1n) is 6.03. The Kier molecular flexibility index (Phi) is 3.20. The van der Waals surface area contributed by atoms with E-state index in [9.17, 15) is 0 Å². The van der Waals surface area contributed by atoms with Gasteiger partial charge in [-0.1, -0.05) is 32.9 Å². The van der Waals surface area contributed by atoms with Crippen molar-refractivity contribution < 1.29 is 4.74 Å². The Morgan fingerprint density at radius 1 is 1.19 bits per heavy atom. The maximum absolute atomic E-state index is 5.88. The summed E-state index contributed by atoms with van der Waals surface area (Å²) < 4.78 is 5.88. The van der Waals surface area contributed by atoms with E-state index in [0.717, 1.165) is 25.3 Å². The third-order valence-electron chi connectivity index (χ3n) is 3.04. The van der Waals surface area contributed by atoms with Crippen molar-refractivity contribution >= 4 is 0 Å². The summed E-state index contributed by atoms with van der Waals surface area (Å²) >= 11 is 0. The Morgan fingerprint density at radius 2 is 1.88 bits per heavy atom. The Balaban J connectivity index is 2.01. The van der Waals surface area contributed by atoms with Gasteiger partial charge in [-0.2, -0.15) is 0 Å². The molecule has 1 fully saturated rings. The molecule has 0 saturated carbocycles. The van der Waals surface area contributed by atoms with Gasteiger partial charge < -0.3 is 10.1 Å². The van der Waals surface area contributed by atoms with E-state index in [1.54, 1.807) is 0 Å². The zero-order valence-electron chi connectivity index (χ0n) is 10.4. The minimum atomic E-state index is 0.216. The van der Waals surface area contributed by atoms with Crippen molar-refractivity contribution in [3.8, 4) is 5.75 Å². The molecule has 1 aliphatic heterocycles. The highest BCUT2D eigenvalue weighted by molar-refractivity contribution is 5.31. The fourth-order valence-electron chi connectivity index (χ4n) is 1.95. The predicted molar refractivity (Wildman–Crippen MR) is 67.0 cm³/mol. The maximum Gasteiger partial charge on any atom is 0.119 e. The quantitative estimate of drug-likeness (QED) is 0.825. The SMILES string of the molecule is CC(C)(C)c1ccc(O[C@H]2CCNC2)cc1. The Labute approximate surface area is 98.0 Å². The highest BCUT2D eigenvalue weighted by Gasteiger charge is 2.17. The van der Waals surface area contributed by atoms with Crippen molar-refractivity contribution in [2.75, 3.05) is 13.1 Å². The van der Waals surface area contributed by atoms with E-state index in [4.69, 9.17) is 4.74 Å². The van der Waals surface area contributed by atoms with Crippen LogP contribution in [0.2, 0.25) is 0 Å². The Bertz CT molecular complexity index is 331. The number of hydrogen-bond donors (Lipinski definition) is 1. The minimum absolute atomic E-state index is 0.216. The molecule has 0 aliphatic carbocycles. The molecule has 1 N–H and O–H groups in total. The molecule has 1 aromatic rings. The molecular formula is C14H21NO. The van der Waals surface area contributed by atoms with Crippen molar-refractivity contribution in [1.29, 1.82) is 0 Å². The van der Waals surface area contributed by atoms with Crippen LogP contribution in [0.15, 0.2) is 24.3 Å². The number of hydrogen-bond acceptors (Lipinski definition) is 2. The normalized spacial score (nSPS) is 21.1. The largest absolute Gasteiger partial charge is 0.489 e. The van der Waals surface area contributed by atoms with Crippen LogP contribution in [0, 0.1) is 0 Å². The van der Waals surface area contributed by atoms with Gasteiger partial charge in [0.25, 0.3) is 0 Å². The summed E-state index contributed by atoms with van der Waals surface area (Å²) in [5.74, 6) is 0.988. The number of benzene rings is 1. The summed E-state index contributed by atoms with van der Waals surface area (Å²) in [6, 6.07) is 8.49. The van der Waals surface area contributed by atoms with Crippen LogP contribution in [0.5, 0.6) is 5.75 Å². The summed E-state index contributed by atoms with van der Waals surface area (Å²) in [5.41, 5.74) is 1.57. The van der Waals surface area contributed by atoms with Gasteiger partial charge >= 0.3 is 0 Å². The van der Waals surface area contributed by atoms with Gasteiger partial charge in [-0.25, -0.2) is 0 Å². The van der Waals surface area contributed by atoms with Gasteiger partial charge in [-0.05, 0) is 36.1 Å². The van der Waals surface area contributed by atoms with E-state index in [2.05, 4.69) is 50.4 Å². The van der Waals surface area contributed by atoms with Crippen LogP contribution < -0.4 is 10.1 Å². The highest BCUT2D eigenvalue weighted by atomic mass is 16.5. The molecule has 0 aromatic heterocycles. The summed E-state index contributed by atoms with van der Waals surface area (Å²) in [5, 5.41) is 3.30. The molecule has 1 atom stereocenters. The van der Waals surface area contributed by atoms with E-state index in [-0.39, 0.29) is 5.41 Å². The van der Waals surface area contributed by atoms with Crippen molar-refractivity contribution in [2.45, 2.75) is 38.7 Å². The molecule has 16 heavy (non-hydrogen) atoms. The predicted octanol–water partition coefficient (Wildman–Crippen LogP) is 2.72. The zero-order chi connectivity index (χ0) is 11.6. The molecule has 1 aromatic carbocycles. The van der Waals surface area contributed by atoms with Gasteiger partial charge in [-0.15, -0.1) is 0 Å². The van der Waals surface area contributed by atoms with Crippen LogP contribution >= 0.6 is 0 Å². The van der Waals surface area contributed by atoms with Gasteiger partial charge in [0.15, 0.2) is 0 Å². The summed E-state index contributed by atoms with van der Waals surface area (Å²) in [4.78, 5) is 0. The van der Waals surface area contributed by atoms with Crippen LogP contribution in [-0.2, 0) is 5.41 Å². The molecule has 2 rings (SSSR count). The Morgan fingerprint density at radius 3 is 2.38 bits per heavy atom. The molecule has 2 heteroatoms. The third kappa shape index (κ3) is 2.76. The lowest BCUT2D eigenvalue weighted by molar-refractivity contribution is 0.223. The van der Waals surface area contributed by atoms with E-state index >= 15 is 0 Å². The fourth-order valence-corrected chi connectivity index (χ4v) is 1.95. The monoisotopic (exact) mass is 219 g/mol.